The Labute approximate surface area is 156 Å². The Bertz CT molecular complexity index is 1050. The predicted octanol–water partition coefficient (Wildman–Crippen LogP) is 7.32. The van der Waals surface area contributed by atoms with Crippen molar-refractivity contribution in [3.05, 3.63) is 95.0 Å². The third kappa shape index (κ3) is 3.06. The summed E-state index contributed by atoms with van der Waals surface area (Å²) in [5, 5.41) is 6.11. The minimum Gasteiger partial charge on any atom is -0.354 e. The van der Waals surface area contributed by atoms with Gasteiger partial charge in [-0.25, -0.2) is 0 Å². The molecule has 4 aromatic carbocycles. The lowest BCUT2D eigenvalue weighted by Crippen LogP contribution is -1.96. The lowest BCUT2D eigenvalue weighted by atomic mass is 9.95. The molecule has 2 heteroatoms. The zero-order chi connectivity index (χ0) is 17.2. The van der Waals surface area contributed by atoms with Gasteiger partial charge in [-0.15, -0.1) is 0 Å². The Morgan fingerprint density at radius 3 is 2.24 bits per heavy atom. The van der Waals surface area contributed by atoms with Crippen LogP contribution in [0.2, 0.25) is 0 Å². The zero-order valence-electron chi connectivity index (χ0n) is 14.0. The van der Waals surface area contributed by atoms with E-state index < -0.39 is 0 Å². The summed E-state index contributed by atoms with van der Waals surface area (Å²) in [6, 6.07) is 29.7. The van der Waals surface area contributed by atoms with Crippen LogP contribution in [0.1, 0.15) is 5.56 Å². The van der Waals surface area contributed by atoms with Crippen molar-refractivity contribution in [1.82, 2.24) is 0 Å². The molecule has 0 amide bonds. The largest absolute Gasteiger partial charge is 0.354 e. The maximum atomic E-state index is 3.66. The van der Waals surface area contributed by atoms with Gasteiger partial charge in [0, 0.05) is 15.4 Å². The molecule has 0 unspecified atom stereocenters. The molecule has 0 aliphatic heterocycles. The first-order chi connectivity index (χ1) is 12.2. The van der Waals surface area contributed by atoms with E-state index >= 15 is 0 Å². The van der Waals surface area contributed by atoms with Crippen LogP contribution in [0, 0.1) is 6.92 Å². The molecule has 122 valence electrons. The maximum Gasteiger partial charge on any atom is 0.0543 e. The minimum atomic E-state index is 1.05. The van der Waals surface area contributed by atoms with Gasteiger partial charge >= 0.3 is 0 Å². The molecule has 0 spiro atoms. The van der Waals surface area contributed by atoms with Crippen molar-refractivity contribution in [2.75, 3.05) is 5.32 Å². The maximum absolute atomic E-state index is 3.66. The predicted molar refractivity (Wildman–Crippen MR) is 112 cm³/mol. The second-order valence-corrected chi connectivity index (χ2v) is 6.98. The van der Waals surface area contributed by atoms with Gasteiger partial charge in [0.2, 0.25) is 0 Å². The third-order valence-electron chi connectivity index (χ3n) is 4.50. The second-order valence-electron chi connectivity index (χ2n) is 6.13. The quantitative estimate of drug-likeness (QED) is 0.388. The molecule has 0 saturated heterocycles. The van der Waals surface area contributed by atoms with Crippen LogP contribution in [0.15, 0.2) is 89.4 Å². The van der Waals surface area contributed by atoms with Crippen LogP contribution in [0.4, 0.5) is 11.4 Å². The number of nitrogens with one attached hydrogen (secondary N) is 1. The molecule has 4 rings (SSSR count). The van der Waals surface area contributed by atoms with Gasteiger partial charge in [0.25, 0.3) is 0 Å². The van der Waals surface area contributed by atoms with Crippen LogP contribution in [-0.4, -0.2) is 0 Å². The van der Waals surface area contributed by atoms with Crippen LogP contribution >= 0.6 is 15.9 Å². The number of para-hydroxylation sites is 1. The zero-order valence-corrected chi connectivity index (χ0v) is 15.5. The average molecular weight is 388 g/mol. The van der Waals surface area contributed by atoms with Crippen molar-refractivity contribution in [2.24, 2.45) is 0 Å². The molecule has 0 fully saturated rings. The first-order valence-electron chi connectivity index (χ1n) is 8.33. The highest BCUT2D eigenvalue weighted by Gasteiger charge is 2.12. The molecular formula is C23H18BrN. The normalized spacial score (nSPS) is 10.8. The SMILES string of the molecule is Cc1ccccc1-c1ccc2ccccc2c1Nc1ccccc1Br. The van der Waals surface area contributed by atoms with E-state index in [1.165, 1.54) is 27.5 Å². The van der Waals surface area contributed by atoms with Crippen molar-refractivity contribution in [2.45, 2.75) is 6.92 Å². The summed E-state index contributed by atoms with van der Waals surface area (Å²) in [6.07, 6.45) is 0. The van der Waals surface area contributed by atoms with Gasteiger partial charge in [0.05, 0.1) is 11.4 Å². The molecule has 0 saturated carbocycles. The average Bonchev–Trinajstić information content (AvgIpc) is 2.64. The Morgan fingerprint density at radius 2 is 1.40 bits per heavy atom. The smallest absolute Gasteiger partial charge is 0.0543 e. The van der Waals surface area contributed by atoms with Crippen LogP contribution in [0.3, 0.4) is 0 Å². The molecule has 25 heavy (non-hydrogen) atoms. The minimum absolute atomic E-state index is 1.05. The second kappa shape index (κ2) is 6.73. The summed E-state index contributed by atoms with van der Waals surface area (Å²) in [4.78, 5) is 0. The third-order valence-corrected chi connectivity index (χ3v) is 5.19. The summed E-state index contributed by atoms with van der Waals surface area (Å²) in [5.41, 5.74) is 5.94. The molecular weight excluding hydrogens is 370 g/mol. The molecule has 4 aromatic rings. The number of hydrogen-bond acceptors (Lipinski definition) is 1. The van der Waals surface area contributed by atoms with Gasteiger partial charge in [0.15, 0.2) is 0 Å². The fourth-order valence-corrected chi connectivity index (χ4v) is 3.59. The molecule has 0 heterocycles. The Hall–Kier alpha value is -2.58. The first kappa shape index (κ1) is 15.9. The standard InChI is InChI=1S/C23H18BrN/c1-16-8-2-4-10-18(16)20-15-14-17-9-3-5-11-19(17)23(20)25-22-13-7-6-12-21(22)24/h2-15,25H,1H3. The van der Waals surface area contributed by atoms with Gasteiger partial charge in [-0.05, 0) is 51.5 Å². The highest BCUT2D eigenvalue weighted by molar-refractivity contribution is 9.10. The van der Waals surface area contributed by atoms with Crippen molar-refractivity contribution in [3.63, 3.8) is 0 Å². The van der Waals surface area contributed by atoms with Gasteiger partial charge in [-0.2, -0.15) is 0 Å². The summed E-state index contributed by atoms with van der Waals surface area (Å²) in [6.45, 7) is 2.16. The van der Waals surface area contributed by atoms with Gasteiger partial charge in [-0.1, -0.05) is 72.8 Å². The number of anilines is 2. The Morgan fingerprint density at radius 1 is 0.680 bits per heavy atom. The molecule has 0 atom stereocenters. The molecule has 0 bridgehead atoms. The van der Waals surface area contributed by atoms with E-state index in [9.17, 15) is 0 Å². The van der Waals surface area contributed by atoms with Crippen molar-refractivity contribution < 1.29 is 0 Å². The molecule has 0 aliphatic carbocycles. The van der Waals surface area contributed by atoms with Gasteiger partial charge in [-0.3, -0.25) is 0 Å². The molecule has 1 N–H and O–H groups in total. The highest BCUT2D eigenvalue weighted by atomic mass is 79.9. The Kier molecular flexibility index (Phi) is 4.29. The van der Waals surface area contributed by atoms with Crippen LogP contribution in [-0.2, 0) is 0 Å². The van der Waals surface area contributed by atoms with E-state index in [0.29, 0.717) is 0 Å². The van der Waals surface area contributed by atoms with E-state index in [4.69, 9.17) is 0 Å². The monoisotopic (exact) mass is 387 g/mol. The lowest BCUT2D eigenvalue weighted by Gasteiger charge is -2.18. The summed E-state index contributed by atoms with van der Waals surface area (Å²) >= 11 is 3.65. The van der Waals surface area contributed by atoms with E-state index in [1.807, 2.05) is 12.1 Å². The van der Waals surface area contributed by atoms with E-state index in [0.717, 1.165) is 15.8 Å². The van der Waals surface area contributed by atoms with Crippen LogP contribution in [0.25, 0.3) is 21.9 Å². The van der Waals surface area contributed by atoms with Crippen molar-refractivity contribution >= 4 is 38.1 Å². The van der Waals surface area contributed by atoms with Crippen molar-refractivity contribution in [1.29, 1.82) is 0 Å². The number of rotatable bonds is 3. The van der Waals surface area contributed by atoms with E-state index in [2.05, 4.69) is 101 Å². The molecule has 0 aliphatic rings. The summed E-state index contributed by atoms with van der Waals surface area (Å²) < 4.78 is 1.05. The fourth-order valence-electron chi connectivity index (χ4n) is 3.20. The summed E-state index contributed by atoms with van der Waals surface area (Å²) in [5.74, 6) is 0. The number of halogens is 1. The topological polar surface area (TPSA) is 12.0 Å². The first-order valence-corrected chi connectivity index (χ1v) is 9.12. The number of hydrogen-bond donors (Lipinski definition) is 1. The highest BCUT2D eigenvalue weighted by Crippen LogP contribution is 2.39. The fraction of sp³-hybridized carbons (Fsp3) is 0.0435. The number of fused-ring (bicyclic) bond motifs is 1. The number of aryl methyl sites for hydroxylation is 1. The summed E-state index contributed by atoms with van der Waals surface area (Å²) in [7, 11) is 0. The molecule has 0 aromatic heterocycles. The lowest BCUT2D eigenvalue weighted by molar-refractivity contribution is 1.45. The van der Waals surface area contributed by atoms with Gasteiger partial charge in [0.1, 0.15) is 0 Å². The molecule has 1 nitrogen and oxygen atoms in total. The Balaban J connectivity index is 1.98. The van der Waals surface area contributed by atoms with E-state index in [-0.39, 0.29) is 0 Å². The van der Waals surface area contributed by atoms with Crippen LogP contribution in [0.5, 0.6) is 0 Å². The number of benzene rings is 4. The molecule has 0 radical (unpaired) electrons. The van der Waals surface area contributed by atoms with Gasteiger partial charge < -0.3 is 5.32 Å². The van der Waals surface area contributed by atoms with Crippen LogP contribution < -0.4 is 5.32 Å². The van der Waals surface area contributed by atoms with E-state index in [1.54, 1.807) is 0 Å². The van der Waals surface area contributed by atoms with Crippen molar-refractivity contribution in [3.8, 4) is 11.1 Å².